The molecule has 4 nitrogen and oxygen atoms in total. The molecule has 0 aliphatic carbocycles. The number of aryl methyl sites for hydroxylation is 1. The number of piperazine rings is 1. The first-order chi connectivity index (χ1) is 12.2. The smallest absolute Gasteiger partial charge is 0.0713 e. The molecule has 1 aromatic rings. The highest BCUT2D eigenvalue weighted by Crippen LogP contribution is 2.22. The highest BCUT2D eigenvalue weighted by atomic mass is 15.5. The minimum Gasteiger partial charge on any atom is -0.310 e. The Kier molecular flexibility index (Phi) is 6.05. The first-order valence-corrected chi connectivity index (χ1v) is 9.37. The fourth-order valence-corrected chi connectivity index (χ4v) is 3.41. The van der Waals surface area contributed by atoms with Crippen LogP contribution in [-0.2, 0) is 6.54 Å². The van der Waals surface area contributed by atoms with Gasteiger partial charge in [-0.15, -0.1) is 0 Å². The quantitative estimate of drug-likeness (QED) is 0.803. The van der Waals surface area contributed by atoms with Crippen LogP contribution in [0.15, 0.2) is 53.3 Å². The van der Waals surface area contributed by atoms with E-state index in [9.17, 15) is 0 Å². The number of nitrogens with one attached hydrogen (secondary N) is 1. The van der Waals surface area contributed by atoms with Gasteiger partial charge in [0.25, 0.3) is 0 Å². The molecule has 2 heterocycles. The monoisotopic (exact) mass is 338 g/mol. The van der Waals surface area contributed by atoms with Gasteiger partial charge in [0, 0.05) is 38.1 Å². The zero-order chi connectivity index (χ0) is 17.6. The summed E-state index contributed by atoms with van der Waals surface area (Å²) in [5, 5.41) is 2.29. The van der Waals surface area contributed by atoms with Crippen LogP contribution in [0.25, 0.3) is 0 Å². The maximum absolute atomic E-state index is 4.51. The van der Waals surface area contributed by atoms with Crippen LogP contribution < -0.4 is 5.43 Å². The Bertz CT molecular complexity index is 662. The van der Waals surface area contributed by atoms with E-state index in [0.29, 0.717) is 0 Å². The Hall–Kier alpha value is -1.91. The lowest BCUT2D eigenvalue weighted by molar-refractivity contribution is 0.109. The Morgan fingerprint density at radius 2 is 2.28 bits per heavy atom. The number of unbranched alkanes of at least 4 members (excludes halogenated alkanes) is 1. The number of aliphatic imine (C=N–C) groups is 1. The summed E-state index contributed by atoms with van der Waals surface area (Å²) in [5.74, 6) is 0. The second kappa shape index (κ2) is 8.45. The summed E-state index contributed by atoms with van der Waals surface area (Å²) in [7, 11) is 0. The molecule has 0 saturated carbocycles. The van der Waals surface area contributed by atoms with Crippen LogP contribution in [0.5, 0.6) is 0 Å². The summed E-state index contributed by atoms with van der Waals surface area (Å²) in [4.78, 5) is 7.03. The Morgan fingerprint density at radius 3 is 3.08 bits per heavy atom. The van der Waals surface area contributed by atoms with Crippen LogP contribution in [0.2, 0.25) is 0 Å². The van der Waals surface area contributed by atoms with E-state index >= 15 is 0 Å². The van der Waals surface area contributed by atoms with E-state index in [1.165, 1.54) is 16.8 Å². The Morgan fingerprint density at radius 1 is 1.40 bits per heavy atom. The predicted molar refractivity (Wildman–Crippen MR) is 105 cm³/mol. The summed E-state index contributed by atoms with van der Waals surface area (Å²) < 4.78 is 0. The molecule has 1 fully saturated rings. The van der Waals surface area contributed by atoms with E-state index in [2.05, 4.69) is 71.1 Å². The van der Waals surface area contributed by atoms with Crippen molar-refractivity contribution in [2.24, 2.45) is 4.99 Å². The lowest BCUT2D eigenvalue weighted by Gasteiger charge is -2.42. The summed E-state index contributed by atoms with van der Waals surface area (Å²) >= 11 is 0. The number of fused-ring (bicyclic) bond motifs is 1. The average molecular weight is 338 g/mol. The molecule has 0 bridgehead atoms. The molecule has 0 amide bonds. The number of benzene rings is 1. The molecule has 0 radical (unpaired) electrons. The van der Waals surface area contributed by atoms with Gasteiger partial charge >= 0.3 is 0 Å². The topological polar surface area (TPSA) is 30.9 Å². The van der Waals surface area contributed by atoms with Crippen LogP contribution in [0.4, 0.5) is 0 Å². The molecule has 25 heavy (non-hydrogen) atoms. The second-order valence-electron chi connectivity index (χ2n) is 7.06. The number of hydrogen-bond acceptors (Lipinski definition) is 4. The van der Waals surface area contributed by atoms with Crippen molar-refractivity contribution in [3.63, 3.8) is 0 Å². The Balaban J connectivity index is 1.57. The molecule has 2 aliphatic heterocycles. The van der Waals surface area contributed by atoms with Crippen LogP contribution in [0, 0.1) is 6.92 Å². The molecule has 1 unspecified atom stereocenters. The standard InChI is InChI=1S/C21H30N4/c1-4-5-11-22-18(3)21-10-9-20-16-24(12-13-25(20)23-21)15-19-8-6-7-17(2)14-19/h6-9,11,14,21,23H,3-5,10,12-13,15-16H2,1-2H3. The van der Waals surface area contributed by atoms with E-state index in [4.69, 9.17) is 0 Å². The summed E-state index contributed by atoms with van der Waals surface area (Å²) in [6.07, 6.45) is 7.45. The van der Waals surface area contributed by atoms with Gasteiger partial charge in [0.05, 0.1) is 11.7 Å². The zero-order valence-corrected chi connectivity index (χ0v) is 15.5. The first kappa shape index (κ1) is 17.9. The fourth-order valence-electron chi connectivity index (χ4n) is 3.41. The molecule has 1 atom stereocenters. The van der Waals surface area contributed by atoms with Crippen LogP contribution in [0.3, 0.4) is 0 Å². The average Bonchev–Trinajstić information content (AvgIpc) is 2.61. The third-order valence-corrected chi connectivity index (χ3v) is 4.84. The van der Waals surface area contributed by atoms with E-state index in [1.807, 2.05) is 6.21 Å². The van der Waals surface area contributed by atoms with Gasteiger partial charge < -0.3 is 5.01 Å². The summed E-state index contributed by atoms with van der Waals surface area (Å²) in [6.45, 7) is 12.5. The molecule has 1 saturated heterocycles. The van der Waals surface area contributed by atoms with Gasteiger partial charge in [-0.3, -0.25) is 9.89 Å². The van der Waals surface area contributed by atoms with Crippen LogP contribution >= 0.6 is 0 Å². The minimum absolute atomic E-state index is 0.222. The van der Waals surface area contributed by atoms with Gasteiger partial charge in [0.1, 0.15) is 0 Å². The molecule has 1 aromatic carbocycles. The molecule has 134 valence electrons. The second-order valence-corrected chi connectivity index (χ2v) is 7.06. The highest BCUT2D eigenvalue weighted by molar-refractivity contribution is 5.58. The van der Waals surface area contributed by atoms with E-state index < -0.39 is 0 Å². The minimum atomic E-state index is 0.222. The summed E-state index contributed by atoms with van der Waals surface area (Å²) in [5.41, 5.74) is 8.64. The maximum atomic E-state index is 4.51. The Labute approximate surface area is 151 Å². The normalized spacial score (nSPS) is 21.3. The SMILES string of the molecule is C=C(N=CCCC)C1CC=C2CN(Cc3cccc(C)c3)CCN2N1. The molecular weight excluding hydrogens is 308 g/mol. The molecule has 0 aromatic heterocycles. The first-order valence-electron chi connectivity index (χ1n) is 9.37. The van der Waals surface area contributed by atoms with Gasteiger partial charge in [-0.25, -0.2) is 5.43 Å². The van der Waals surface area contributed by atoms with Crippen molar-refractivity contribution in [1.29, 1.82) is 0 Å². The lowest BCUT2D eigenvalue weighted by Crippen LogP contribution is -2.55. The number of nitrogens with zero attached hydrogens (tertiary/aromatic N) is 3. The van der Waals surface area contributed by atoms with Crippen molar-refractivity contribution in [1.82, 2.24) is 15.3 Å². The van der Waals surface area contributed by atoms with Gasteiger partial charge in [0.2, 0.25) is 0 Å². The third-order valence-electron chi connectivity index (χ3n) is 4.84. The van der Waals surface area contributed by atoms with Gasteiger partial charge in [-0.2, -0.15) is 0 Å². The predicted octanol–water partition coefficient (Wildman–Crippen LogP) is 3.66. The molecule has 0 spiro atoms. The van der Waals surface area contributed by atoms with E-state index in [-0.39, 0.29) is 6.04 Å². The zero-order valence-electron chi connectivity index (χ0n) is 15.5. The van der Waals surface area contributed by atoms with Crippen molar-refractivity contribution in [3.8, 4) is 0 Å². The molecule has 4 heteroatoms. The van der Waals surface area contributed by atoms with Crippen molar-refractivity contribution in [3.05, 3.63) is 59.4 Å². The van der Waals surface area contributed by atoms with E-state index in [0.717, 1.165) is 51.1 Å². The highest BCUT2D eigenvalue weighted by Gasteiger charge is 2.27. The number of hydrogen-bond donors (Lipinski definition) is 1. The van der Waals surface area contributed by atoms with Crippen molar-refractivity contribution in [2.45, 2.75) is 45.7 Å². The van der Waals surface area contributed by atoms with Gasteiger partial charge in [-0.1, -0.05) is 55.8 Å². The van der Waals surface area contributed by atoms with E-state index in [1.54, 1.807) is 0 Å². The number of hydrazine groups is 1. The molecule has 3 rings (SSSR count). The van der Waals surface area contributed by atoms with Gasteiger partial charge in [-0.05, 0) is 25.3 Å². The van der Waals surface area contributed by atoms with Crippen LogP contribution in [-0.4, -0.2) is 41.8 Å². The largest absolute Gasteiger partial charge is 0.310 e. The lowest BCUT2D eigenvalue weighted by atomic mass is 10.1. The summed E-state index contributed by atoms with van der Waals surface area (Å²) in [6, 6.07) is 9.04. The van der Waals surface area contributed by atoms with Gasteiger partial charge in [0.15, 0.2) is 0 Å². The molecular formula is C21H30N4. The molecule has 1 N–H and O–H groups in total. The van der Waals surface area contributed by atoms with Crippen molar-refractivity contribution in [2.75, 3.05) is 19.6 Å². The number of rotatable bonds is 6. The maximum Gasteiger partial charge on any atom is 0.0713 e. The fraction of sp³-hybridized carbons (Fsp3) is 0.476. The van der Waals surface area contributed by atoms with Crippen molar-refractivity contribution >= 4 is 6.21 Å². The molecule has 2 aliphatic rings. The third kappa shape index (κ3) is 4.80. The van der Waals surface area contributed by atoms with Crippen molar-refractivity contribution < 1.29 is 0 Å². The van der Waals surface area contributed by atoms with Crippen LogP contribution in [0.1, 0.15) is 37.3 Å².